The van der Waals surface area contributed by atoms with Gasteiger partial charge in [-0.25, -0.2) is 0 Å². The lowest BCUT2D eigenvalue weighted by molar-refractivity contribution is -0.137. The second kappa shape index (κ2) is 6.03. The lowest BCUT2D eigenvalue weighted by atomic mass is 10.1. The second-order valence-electron chi connectivity index (χ2n) is 4.49. The molecule has 21 heavy (non-hydrogen) atoms. The van der Waals surface area contributed by atoms with Gasteiger partial charge in [0, 0.05) is 11.6 Å². The number of hydrogen-bond acceptors (Lipinski definition) is 2. The van der Waals surface area contributed by atoms with Gasteiger partial charge in [-0.2, -0.15) is 13.2 Å². The molecule has 0 saturated heterocycles. The number of alkyl halides is 3. The summed E-state index contributed by atoms with van der Waals surface area (Å²) in [4.78, 5) is 13.9. The third-order valence-corrected chi connectivity index (χ3v) is 2.81. The smallest absolute Gasteiger partial charge is 0.416 e. The standard InChI is InChI=1S/C15H14F3NO2/c1-2-7-21-13-6-4-3-5-11(13)12-8-10(15(16,17)18)9-14(20)19-12/h3-6,8-9H,2,7H2,1H3,(H,19,20). The molecule has 0 aliphatic rings. The van der Waals surface area contributed by atoms with Crippen LogP contribution in [-0.4, -0.2) is 11.6 Å². The van der Waals surface area contributed by atoms with Crippen LogP contribution in [0.25, 0.3) is 11.3 Å². The number of aromatic amines is 1. The van der Waals surface area contributed by atoms with E-state index in [1.807, 2.05) is 6.92 Å². The van der Waals surface area contributed by atoms with E-state index in [9.17, 15) is 18.0 Å². The molecule has 0 saturated carbocycles. The van der Waals surface area contributed by atoms with Gasteiger partial charge >= 0.3 is 6.18 Å². The highest BCUT2D eigenvalue weighted by Crippen LogP contribution is 2.33. The molecule has 2 rings (SSSR count). The van der Waals surface area contributed by atoms with E-state index in [1.165, 1.54) is 0 Å². The maximum Gasteiger partial charge on any atom is 0.416 e. The van der Waals surface area contributed by atoms with Gasteiger partial charge in [0.25, 0.3) is 0 Å². The van der Waals surface area contributed by atoms with Crippen molar-refractivity contribution in [2.75, 3.05) is 6.61 Å². The zero-order chi connectivity index (χ0) is 15.5. The summed E-state index contributed by atoms with van der Waals surface area (Å²) in [5.74, 6) is 0.439. The van der Waals surface area contributed by atoms with Gasteiger partial charge in [-0.15, -0.1) is 0 Å². The summed E-state index contributed by atoms with van der Waals surface area (Å²) in [6.45, 7) is 2.37. The predicted molar refractivity (Wildman–Crippen MR) is 73.3 cm³/mol. The van der Waals surface area contributed by atoms with Crippen LogP contribution in [0.15, 0.2) is 41.2 Å². The summed E-state index contributed by atoms with van der Waals surface area (Å²) in [5, 5.41) is 0. The van der Waals surface area contributed by atoms with Crippen LogP contribution in [0.4, 0.5) is 13.2 Å². The van der Waals surface area contributed by atoms with Gasteiger partial charge in [0.05, 0.1) is 17.9 Å². The Bertz CT molecular complexity index is 677. The first-order valence-corrected chi connectivity index (χ1v) is 6.45. The molecule has 0 spiro atoms. The number of aromatic nitrogens is 1. The summed E-state index contributed by atoms with van der Waals surface area (Å²) in [5.41, 5.74) is -1.27. The molecular formula is C15H14F3NO2. The normalized spacial score (nSPS) is 11.4. The van der Waals surface area contributed by atoms with Crippen molar-refractivity contribution < 1.29 is 17.9 Å². The van der Waals surface area contributed by atoms with Gasteiger partial charge in [0.15, 0.2) is 0 Å². The number of H-pyrrole nitrogens is 1. The quantitative estimate of drug-likeness (QED) is 0.931. The van der Waals surface area contributed by atoms with Crippen molar-refractivity contribution in [3.05, 3.63) is 52.3 Å². The number of nitrogens with one attached hydrogen (secondary N) is 1. The van der Waals surface area contributed by atoms with Gasteiger partial charge in [-0.1, -0.05) is 19.1 Å². The Labute approximate surface area is 119 Å². The van der Waals surface area contributed by atoms with Crippen LogP contribution in [0.5, 0.6) is 5.75 Å². The Balaban J connectivity index is 2.52. The fourth-order valence-corrected chi connectivity index (χ4v) is 1.88. The van der Waals surface area contributed by atoms with Crippen LogP contribution in [0.2, 0.25) is 0 Å². The highest BCUT2D eigenvalue weighted by Gasteiger charge is 2.31. The lowest BCUT2D eigenvalue weighted by Gasteiger charge is -2.12. The van der Waals surface area contributed by atoms with Gasteiger partial charge in [0.2, 0.25) is 5.56 Å². The van der Waals surface area contributed by atoms with E-state index in [1.54, 1.807) is 24.3 Å². The number of hydrogen-bond donors (Lipinski definition) is 1. The number of pyridine rings is 1. The van der Waals surface area contributed by atoms with Crippen molar-refractivity contribution in [2.24, 2.45) is 0 Å². The molecule has 1 aromatic heterocycles. The molecule has 0 aliphatic carbocycles. The van der Waals surface area contributed by atoms with E-state index in [-0.39, 0.29) is 5.69 Å². The summed E-state index contributed by atoms with van der Waals surface area (Å²) < 4.78 is 43.9. The molecule has 0 amide bonds. The van der Waals surface area contributed by atoms with Gasteiger partial charge < -0.3 is 9.72 Å². The van der Waals surface area contributed by atoms with E-state index >= 15 is 0 Å². The molecule has 0 unspecified atom stereocenters. The molecule has 0 aliphatic heterocycles. The van der Waals surface area contributed by atoms with Gasteiger partial charge in [0.1, 0.15) is 5.75 Å². The molecule has 1 heterocycles. The van der Waals surface area contributed by atoms with Crippen molar-refractivity contribution >= 4 is 0 Å². The number of benzene rings is 1. The fraction of sp³-hybridized carbons (Fsp3) is 0.267. The minimum atomic E-state index is -4.57. The van der Waals surface area contributed by atoms with Crippen LogP contribution in [-0.2, 0) is 6.18 Å². The van der Waals surface area contributed by atoms with Crippen molar-refractivity contribution in [1.82, 2.24) is 4.98 Å². The first-order valence-electron chi connectivity index (χ1n) is 6.45. The third kappa shape index (κ3) is 3.65. The van der Waals surface area contributed by atoms with E-state index in [0.29, 0.717) is 24.0 Å². The van der Waals surface area contributed by atoms with Crippen molar-refractivity contribution in [3.63, 3.8) is 0 Å². The number of ether oxygens (including phenoxy) is 1. The van der Waals surface area contributed by atoms with Crippen LogP contribution in [0, 0.1) is 0 Å². The first-order chi connectivity index (χ1) is 9.91. The topological polar surface area (TPSA) is 42.1 Å². The lowest BCUT2D eigenvalue weighted by Crippen LogP contribution is -2.14. The van der Waals surface area contributed by atoms with E-state index < -0.39 is 17.3 Å². The largest absolute Gasteiger partial charge is 0.493 e. The number of para-hydroxylation sites is 1. The van der Waals surface area contributed by atoms with Crippen molar-refractivity contribution in [1.29, 1.82) is 0 Å². The highest BCUT2D eigenvalue weighted by atomic mass is 19.4. The summed E-state index contributed by atoms with van der Waals surface area (Å²) >= 11 is 0. The zero-order valence-corrected chi connectivity index (χ0v) is 11.3. The highest BCUT2D eigenvalue weighted by molar-refractivity contribution is 5.67. The summed E-state index contributed by atoms with van der Waals surface area (Å²) in [6, 6.07) is 8.11. The number of halogens is 3. The molecule has 1 aromatic carbocycles. The molecule has 6 heteroatoms. The maximum absolute atomic E-state index is 12.8. The van der Waals surface area contributed by atoms with E-state index in [2.05, 4.69) is 4.98 Å². The average molecular weight is 297 g/mol. The Hall–Kier alpha value is -2.24. The Morgan fingerprint density at radius 2 is 1.90 bits per heavy atom. The summed E-state index contributed by atoms with van der Waals surface area (Å²) in [7, 11) is 0. The predicted octanol–water partition coefficient (Wildman–Crippen LogP) is 3.85. The number of rotatable bonds is 4. The molecule has 1 N–H and O–H groups in total. The minimum Gasteiger partial charge on any atom is -0.493 e. The van der Waals surface area contributed by atoms with E-state index in [0.717, 1.165) is 12.5 Å². The van der Waals surface area contributed by atoms with Gasteiger partial charge in [-0.3, -0.25) is 4.79 Å². The van der Waals surface area contributed by atoms with Crippen molar-refractivity contribution in [3.8, 4) is 17.0 Å². The van der Waals surface area contributed by atoms with Crippen LogP contribution < -0.4 is 10.3 Å². The molecular weight excluding hydrogens is 283 g/mol. The molecule has 0 fully saturated rings. The van der Waals surface area contributed by atoms with Crippen LogP contribution in [0.3, 0.4) is 0 Å². The molecule has 2 aromatic rings. The monoisotopic (exact) mass is 297 g/mol. The Kier molecular flexibility index (Phi) is 4.35. The molecule has 0 radical (unpaired) electrons. The molecule has 0 bridgehead atoms. The van der Waals surface area contributed by atoms with E-state index in [4.69, 9.17) is 4.74 Å². The molecule has 3 nitrogen and oxygen atoms in total. The maximum atomic E-state index is 12.8. The molecule has 112 valence electrons. The zero-order valence-electron chi connectivity index (χ0n) is 11.3. The average Bonchev–Trinajstić information content (AvgIpc) is 2.44. The third-order valence-electron chi connectivity index (χ3n) is 2.81. The van der Waals surface area contributed by atoms with Crippen LogP contribution >= 0.6 is 0 Å². The SMILES string of the molecule is CCCOc1ccccc1-c1cc(C(F)(F)F)cc(=O)[nH]1. The summed E-state index contributed by atoms with van der Waals surface area (Å²) in [6.07, 6.45) is -3.80. The minimum absolute atomic E-state index is 0.0847. The Morgan fingerprint density at radius 1 is 1.19 bits per heavy atom. The fourth-order valence-electron chi connectivity index (χ4n) is 1.88. The van der Waals surface area contributed by atoms with Gasteiger partial charge in [-0.05, 0) is 24.6 Å². The van der Waals surface area contributed by atoms with Crippen LogP contribution in [0.1, 0.15) is 18.9 Å². The first kappa shape index (κ1) is 15.2. The Morgan fingerprint density at radius 3 is 2.57 bits per heavy atom. The second-order valence-corrected chi connectivity index (χ2v) is 4.49. The van der Waals surface area contributed by atoms with Crippen molar-refractivity contribution in [2.45, 2.75) is 19.5 Å². The molecule has 0 atom stereocenters.